The Balaban J connectivity index is 1.56. The standard InChI is InChI=1S/C24H16Cl3NO4/c1-30-22-11-14(6-9-21(22)31-13-15-4-2-3-5-18(15)26)10-20-24(29)32-23(28-20)17-8-7-16(25)12-19(17)27/h2-12H,13H2,1H3/b20-10-. The summed E-state index contributed by atoms with van der Waals surface area (Å²) in [5, 5.41) is 1.44. The highest BCUT2D eigenvalue weighted by atomic mass is 35.5. The molecule has 5 nitrogen and oxygen atoms in total. The highest BCUT2D eigenvalue weighted by Gasteiger charge is 2.25. The van der Waals surface area contributed by atoms with Crippen LogP contribution in [0, 0.1) is 0 Å². The van der Waals surface area contributed by atoms with Crippen LogP contribution in [-0.2, 0) is 16.1 Å². The van der Waals surface area contributed by atoms with Crippen LogP contribution in [0.3, 0.4) is 0 Å². The average molecular weight is 489 g/mol. The maximum atomic E-state index is 12.3. The van der Waals surface area contributed by atoms with Gasteiger partial charge >= 0.3 is 5.97 Å². The number of nitrogens with zero attached hydrogens (tertiary/aromatic N) is 1. The van der Waals surface area contributed by atoms with Gasteiger partial charge in [-0.15, -0.1) is 0 Å². The summed E-state index contributed by atoms with van der Waals surface area (Å²) in [6.45, 7) is 0.290. The number of benzene rings is 3. The molecular weight excluding hydrogens is 473 g/mol. The van der Waals surface area contributed by atoms with Gasteiger partial charge in [0, 0.05) is 15.6 Å². The zero-order valence-electron chi connectivity index (χ0n) is 16.8. The zero-order valence-corrected chi connectivity index (χ0v) is 19.0. The third-order valence-corrected chi connectivity index (χ3v) is 5.53. The van der Waals surface area contributed by atoms with E-state index in [0.29, 0.717) is 37.7 Å². The van der Waals surface area contributed by atoms with Crippen molar-refractivity contribution in [1.29, 1.82) is 0 Å². The van der Waals surface area contributed by atoms with E-state index in [9.17, 15) is 4.79 Å². The van der Waals surface area contributed by atoms with Crippen LogP contribution in [0.1, 0.15) is 16.7 Å². The minimum atomic E-state index is -0.580. The van der Waals surface area contributed by atoms with E-state index in [1.807, 2.05) is 18.2 Å². The largest absolute Gasteiger partial charge is 0.493 e. The maximum Gasteiger partial charge on any atom is 0.363 e. The Kier molecular flexibility index (Phi) is 6.70. The SMILES string of the molecule is COc1cc(/C=C2\N=C(c3ccc(Cl)cc3Cl)OC2=O)ccc1OCc1ccccc1Cl. The summed E-state index contributed by atoms with van der Waals surface area (Å²) in [6.07, 6.45) is 1.60. The van der Waals surface area contributed by atoms with Crippen molar-refractivity contribution in [2.75, 3.05) is 7.11 Å². The first kappa shape index (κ1) is 22.2. The van der Waals surface area contributed by atoms with Gasteiger partial charge in [0.2, 0.25) is 5.90 Å². The minimum absolute atomic E-state index is 0.120. The first-order valence-electron chi connectivity index (χ1n) is 9.47. The second kappa shape index (κ2) is 9.65. The molecule has 0 N–H and O–H groups in total. The number of aliphatic imine (C=N–C) groups is 1. The Labute approximate surface area is 199 Å². The van der Waals surface area contributed by atoms with Gasteiger partial charge in [-0.05, 0) is 48.0 Å². The number of halogens is 3. The number of hydrogen-bond acceptors (Lipinski definition) is 5. The number of carbonyl (C=O) groups is 1. The van der Waals surface area contributed by atoms with Crippen LogP contribution in [-0.4, -0.2) is 19.0 Å². The molecule has 0 saturated heterocycles. The lowest BCUT2D eigenvalue weighted by molar-refractivity contribution is -0.129. The molecular formula is C24H16Cl3NO4. The fourth-order valence-electron chi connectivity index (χ4n) is 3.01. The molecule has 0 amide bonds. The summed E-state index contributed by atoms with van der Waals surface area (Å²) in [4.78, 5) is 16.6. The van der Waals surface area contributed by atoms with Crippen LogP contribution in [0.25, 0.3) is 6.08 Å². The quantitative estimate of drug-likeness (QED) is 0.290. The number of carbonyl (C=O) groups excluding carboxylic acids is 1. The van der Waals surface area contributed by atoms with Gasteiger partial charge in [0.25, 0.3) is 0 Å². The molecule has 0 unspecified atom stereocenters. The van der Waals surface area contributed by atoms with Gasteiger partial charge in [0.15, 0.2) is 17.2 Å². The molecule has 0 fully saturated rings. The summed E-state index contributed by atoms with van der Waals surface area (Å²) in [5.74, 6) is 0.585. The second-order valence-electron chi connectivity index (χ2n) is 6.75. The van der Waals surface area contributed by atoms with Crippen LogP contribution in [0.5, 0.6) is 11.5 Å². The molecule has 0 saturated carbocycles. The Morgan fingerprint density at radius 1 is 0.969 bits per heavy atom. The van der Waals surface area contributed by atoms with Crippen LogP contribution in [0.15, 0.2) is 71.4 Å². The molecule has 0 bridgehead atoms. The molecule has 8 heteroatoms. The van der Waals surface area contributed by atoms with Crippen molar-refractivity contribution in [2.45, 2.75) is 6.61 Å². The van der Waals surface area contributed by atoms with E-state index in [-0.39, 0.29) is 18.2 Å². The first-order chi connectivity index (χ1) is 15.4. The zero-order chi connectivity index (χ0) is 22.7. The fraction of sp³-hybridized carbons (Fsp3) is 0.0833. The van der Waals surface area contributed by atoms with E-state index >= 15 is 0 Å². The van der Waals surface area contributed by atoms with Gasteiger partial charge in [0.05, 0.1) is 17.7 Å². The highest BCUT2D eigenvalue weighted by Crippen LogP contribution is 2.31. The molecule has 1 aliphatic heterocycles. The van der Waals surface area contributed by atoms with E-state index in [1.165, 1.54) is 7.11 Å². The third kappa shape index (κ3) is 4.91. The molecule has 4 rings (SSSR count). The summed E-state index contributed by atoms with van der Waals surface area (Å²) < 4.78 is 16.6. The van der Waals surface area contributed by atoms with Crippen LogP contribution in [0.4, 0.5) is 0 Å². The molecule has 0 radical (unpaired) electrons. The normalized spacial score (nSPS) is 14.3. The number of ether oxygens (including phenoxy) is 3. The molecule has 0 aromatic heterocycles. The smallest absolute Gasteiger partial charge is 0.363 e. The van der Waals surface area contributed by atoms with Gasteiger partial charge in [-0.2, -0.15) is 0 Å². The second-order valence-corrected chi connectivity index (χ2v) is 8.00. The van der Waals surface area contributed by atoms with E-state index in [2.05, 4.69) is 4.99 Å². The van der Waals surface area contributed by atoms with Crippen molar-refractivity contribution in [1.82, 2.24) is 0 Å². The summed E-state index contributed by atoms with van der Waals surface area (Å²) >= 11 is 18.3. The molecule has 162 valence electrons. The van der Waals surface area contributed by atoms with E-state index in [4.69, 9.17) is 49.0 Å². The number of rotatable bonds is 6. The molecule has 0 spiro atoms. The topological polar surface area (TPSA) is 57.1 Å². The van der Waals surface area contributed by atoms with Gasteiger partial charge in [0.1, 0.15) is 6.61 Å². The van der Waals surface area contributed by atoms with Crippen LogP contribution in [0.2, 0.25) is 15.1 Å². The van der Waals surface area contributed by atoms with Gasteiger partial charge < -0.3 is 14.2 Å². The van der Waals surface area contributed by atoms with Crippen LogP contribution < -0.4 is 9.47 Å². The highest BCUT2D eigenvalue weighted by molar-refractivity contribution is 6.37. The van der Waals surface area contributed by atoms with Crippen molar-refractivity contribution in [3.8, 4) is 11.5 Å². The number of esters is 1. The molecule has 0 aliphatic carbocycles. The molecule has 3 aromatic carbocycles. The van der Waals surface area contributed by atoms with Crippen molar-refractivity contribution in [3.63, 3.8) is 0 Å². The summed E-state index contributed by atoms with van der Waals surface area (Å²) in [6, 6.07) is 17.6. The Morgan fingerprint density at radius 2 is 1.78 bits per heavy atom. The first-order valence-corrected chi connectivity index (χ1v) is 10.6. The monoisotopic (exact) mass is 487 g/mol. The van der Waals surface area contributed by atoms with Crippen molar-refractivity contribution >= 4 is 52.7 Å². The van der Waals surface area contributed by atoms with E-state index in [0.717, 1.165) is 5.56 Å². The molecule has 1 aliphatic rings. The molecule has 32 heavy (non-hydrogen) atoms. The Morgan fingerprint density at radius 3 is 2.53 bits per heavy atom. The summed E-state index contributed by atoms with van der Waals surface area (Å²) in [7, 11) is 1.54. The van der Waals surface area contributed by atoms with E-state index in [1.54, 1.807) is 48.5 Å². The lowest BCUT2D eigenvalue weighted by Crippen LogP contribution is -2.05. The van der Waals surface area contributed by atoms with E-state index < -0.39 is 5.97 Å². The number of methoxy groups -OCH3 is 1. The average Bonchev–Trinajstić information content (AvgIpc) is 3.13. The molecule has 1 heterocycles. The minimum Gasteiger partial charge on any atom is -0.493 e. The predicted octanol–water partition coefficient (Wildman–Crippen LogP) is 6.58. The maximum absolute atomic E-state index is 12.3. The lowest BCUT2D eigenvalue weighted by Gasteiger charge is -2.12. The van der Waals surface area contributed by atoms with Gasteiger partial charge in [-0.25, -0.2) is 9.79 Å². The number of cyclic esters (lactones) is 1. The van der Waals surface area contributed by atoms with Gasteiger partial charge in [-0.1, -0.05) is 59.1 Å². The molecule has 3 aromatic rings. The lowest BCUT2D eigenvalue weighted by atomic mass is 10.1. The Hall–Kier alpha value is -2.99. The predicted molar refractivity (Wildman–Crippen MR) is 126 cm³/mol. The van der Waals surface area contributed by atoms with Crippen LogP contribution >= 0.6 is 34.8 Å². The fourth-order valence-corrected chi connectivity index (χ4v) is 3.69. The van der Waals surface area contributed by atoms with Crippen molar-refractivity contribution in [3.05, 3.63) is 98.1 Å². The number of hydrogen-bond donors (Lipinski definition) is 0. The van der Waals surface area contributed by atoms with Gasteiger partial charge in [-0.3, -0.25) is 0 Å². The van der Waals surface area contributed by atoms with Crippen molar-refractivity contribution < 1.29 is 19.0 Å². The molecule has 0 atom stereocenters. The van der Waals surface area contributed by atoms with Crippen molar-refractivity contribution in [2.24, 2.45) is 4.99 Å². The Bertz CT molecular complexity index is 1250. The summed E-state index contributed by atoms with van der Waals surface area (Å²) in [5.41, 5.74) is 2.16. The third-order valence-electron chi connectivity index (χ3n) is 4.61.